The Labute approximate surface area is 126 Å². The van der Waals surface area contributed by atoms with Gasteiger partial charge >= 0.3 is 0 Å². The molecule has 1 aromatic carbocycles. The average Bonchev–Trinajstić information content (AvgIpc) is 2.47. The molecule has 0 spiro atoms. The molecule has 0 N–H and O–H groups in total. The predicted octanol–water partition coefficient (Wildman–Crippen LogP) is 1.44. The summed E-state index contributed by atoms with van der Waals surface area (Å²) in [5, 5.41) is 8.75. The normalized spacial score (nSPS) is 23.7. The lowest BCUT2D eigenvalue weighted by Gasteiger charge is -2.38. The number of hydrogen-bond donors (Lipinski definition) is 0. The van der Waals surface area contributed by atoms with Crippen molar-refractivity contribution in [2.45, 2.75) is 30.8 Å². The molecule has 0 bridgehead atoms. The number of benzene rings is 1. The van der Waals surface area contributed by atoms with Crippen molar-refractivity contribution in [3.05, 3.63) is 29.8 Å². The summed E-state index contributed by atoms with van der Waals surface area (Å²) in [5.74, 6) is 0.0770. The minimum absolute atomic E-state index is 0.0770. The van der Waals surface area contributed by atoms with E-state index in [9.17, 15) is 8.42 Å². The molecule has 1 aliphatic rings. The van der Waals surface area contributed by atoms with Crippen molar-refractivity contribution >= 4 is 9.84 Å². The standard InChI is InChI=1S/C15H20N2O3S/c1-12-10-20-11-13(2)17(12)7-8-21(18,19)15-5-3-14(9-16)4-6-15/h3-6,12-13H,7-8,10-11H2,1-2H3. The van der Waals surface area contributed by atoms with Gasteiger partial charge in [0.15, 0.2) is 9.84 Å². The van der Waals surface area contributed by atoms with Crippen LogP contribution in [0.3, 0.4) is 0 Å². The van der Waals surface area contributed by atoms with E-state index in [0.717, 1.165) is 0 Å². The molecule has 1 fully saturated rings. The number of nitrogens with zero attached hydrogens (tertiary/aromatic N) is 2. The van der Waals surface area contributed by atoms with E-state index in [1.807, 2.05) is 19.9 Å². The molecule has 0 aliphatic carbocycles. The van der Waals surface area contributed by atoms with E-state index in [2.05, 4.69) is 4.90 Å². The smallest absolute Gasteiger partial charge is 0.179 e. The van der Waals surface area contributed by atoms with E-state index in [-0.39, 0.29) is 22.7 Å². The highest BCUT2D eigenvalue weighted by molar-refractivity contribution is 7.91. The molecule has 0 aromatic heterocycles. The van der Waals surface area contributed by atoms with Crippen LogP contribution in [0.15, 0.2) is 29.2 Å². The number of hydrogen-bond acceptors (Lipinski definition) is 5. The molecule has 6 heteroatoms. The fourth-order valence-electron chi connectivity index (χ4n) is 2.56. The summed E-state index contributed by atoms with van der Waals surface area (Å²) in [5.41, 5.74) is 0.462. The highest BCUT2D eigenvalue weighted by atomic mass is 32.2. The zero-order valence-electron chi connectivity index (χ0n) is 12.3. The first kappa shape index (κ1) is 16.0. The molecule has 21 heavy (non-hydrogen) atoms. The molecule has 2 unspecified atom stereocenters. The van der Waals surface area contributed by atoms with Gasteiger partial charge in [0.05, 0.1) is 35.5 Å². The van der Waals surface area contributed by atoms with Crippen molar-refractivity contribution in [2.24, 2.45) is 0 Å². The molecule has 5 nitrogen and oxygen atoms in total. The van der Waals surface area contributed by atoms with Crippen LogP contribution in [0.2, 0.25) is 0 Å². The Balaban J connectivity index is 2.05. The van der Waals surface area contributed by atoms with Gasteiger partial charge in [0.25, 0.3) is 0 Å². The van der Waals surface area contributed by atoms with Crippen molar-refractivity contribution < 1.29 is 13.2 Å². The van der Waals surface area contributed by atoms with Crippen LogP contribution < -0.4 is 0 Å². The van der Waals surface area contributed by atoms with E-state index in [4.69, 9.17) is 10.00 Å². The third kappa shape index (κ3) is 3.82. The first-order valence-corrected chi connectivity index (χ1v) is 8.65. The van der Waals surface area contributed by atoms with Gasteiger partial charge in [-0.05, 0) is 38.1 Å². The molecule has 0 saturated carbocycles. The monoisotopic (exact) mass is 308 g/mol. The van der Waals surface area contributed by atoms with Crippen molar-refractivity contribution in [1.82, 2.24) is 4.90 Å². The summed E-state index contributed by atoms with van der Waals surface area (Å²) in [7, 11) is -3.32. The topological polar surface area (TPSA) is 70.4 Å². The molecular formula is C15H20N2O3S. The quantitative estimate of drug-likeness (QED) is 0.842. The minimum Gasteiger partial charge on any atom is -0.378 e. The molecule has 2 atom stereocenters. The van der Waals surface area contributed by atoms with E-state index in [0.29, 0.717) is 25.3 Å². The maximum atomic E-state index is 12.3. The van der Waals surface area contributed by atoms with Crippen LogP contribution >= 0.6 is 0 Å². The summed E-state index contributed by atoms with van der Waals surface area (Å²) in [4.78, 5) is 2.44. The third-order valence-electron chi connectivity index (χ3n) is 3.81. The van der Waals surface area contributed by atoms with Crippen molar-refractivity contribution in [1.29, 1.82) is 5.26 Å². The molecule has 2 rings (SSSR count). The SMILES string of the molecule is CC1COCC(C)N1CCS(=O)(=O)c1ccc(C#N)cc1. The van der Waals surface area contributed by atoms with Crippen LogP contribution in [0.4, 0.5) is 0 Å². The van der Waals surface area contributed by atoms with Crippen LogP contribution in [-0.4, -0.2) is 50.9 Å². The maximum absolute atomic E-state index is 12.3. The lowest BCUT2D eigenvalue weighted by molar-refractivity contribution is -0.0334. The molecule has 1 aromatic rings. The largest absolute Gasteiger partial charge is 0.378 e. The summed E-state index contributed by atoms with van der Waals surface area (Å²) < 4.78 is 30.1. The van der Waals surface area contributed by atoms with Gasteiger partial charge in [-0.15, -0.1) is 0 Å². The average molecular weight is 308 g/mol. The lowest BCUT2D eigenvalue weighted by atomic mass is 10.2. The Kier molecular flexibility index (Phi) is 4.99. The summed E-state index contributed by atoms with van der Waals surface area (Å²) in [6.07, 6.45) is 0. The Bertz CT molecular complexity index is 609. The van der Waals surface area contributed by atoms with Gasteiger partial charge in [-0.1, -0.05) is 0 Å². The van der Waals surface area contributed by atoms with Crippen molar-refractivity contribution in [3.63, 3.8) is 0 Å². The molecule has 0 radical (unpaired) electrons. The first-order valence-electron chi connectivity index (χ1n) is 7.00. The Hall–Kier alpha value is -1.42. The molecule has 1 heterocycles. The van der Waals surface area contributed by atoms with E-state index in [1.54, 1.807) is 0 Å². The molecule has 114 valence electrons. The van der Waals surface area contributed by atoms with Crippen LogP contribution in [0.1, 0.15) is 19.4 Å². The third-order valence-corrected chi connectivity index (χ3v) is 5.52. The summed E-state index contributed by atoms with van der Waals surface area (Å²) in [6, 6.07) is 8.51. The summed E-state index contributed by atoms with van der Waals surface area (Å²) in [6.45, 7) is 5.87. The highest BCUT2D eigenvalue weighted by Gasteiger charge is 2.27. The second-order valence-corrected chi connectivity index (χ2v) is 7.54. The van der Waals surface area contributed by atoms with Crippen LogP contribution in [0, 0.1) is 11.3 Å². The molecule has 0 amide bonds. The predicted molar refractivity (Wildman–Crippen MR) is 79.7 cm³/mol. The number of morpholine rings is 1. The Morgan fingerprint density at radius 3 is 2.33 bits per heavy atom. The number of nitriles is 1. The van der Waals surface area contributed by atoms with Gasteiger partial charge in [0.1, 0.15) is 0 Å². The fraction of sp³-hybridized carbons (Fsp3) is 0.533. The molecular weight excluding hydrogens is 288 g/mol. The van der Waals surface area contributed by atoms with Gasteiger partial charge in [-0.2, -0.15) is 5.26 Å². The highest BCUT2D eigenvalue weighted by Crippen LogP contribution is 2.16. The number of rotatable bonds is 4. The summed E-state index contributed by atoms with van der Waals surface area (Å²) >= 11 is 0. The molecule has 1 aliphatic heterocycles. The second-order valence-electron chi connectivity index (χ2n) is 5.43. The van der Waals surface area contributed by atoms with E-state index in [1.165, 1.54) is 24.3 Å². The van der Waals surface area contributed by atoms with E-state index < -0.39 is 9.84 Å². The lowest BCUT2D eigenvalue weighted by Crippen LogP contribution is -2.51. The van der Waals surface area contributed by atoms with Crippen molar-refractivity contribution in [3.8, 4) is 6.07 Å². The minimum atomic E-state index is -3.32. The van der Waals surface area contributed by atoms with Gasteiger partial charge in [-0.3, -0.25) is 4.90 Å². The van der Waals surface area contributed by atoms with Crippen LogP contribution in [0.5, 0.6) is 0 Å². The van der Waals surface area contributed by atoms with Crippen molar-refractivity contribution in [2.75, 3.05) is 25.5 Å². The van der Waals surface area contributed by atoms with Crippen LogP contribution in [0.25, 0.3) is 0 Å². The van der Waals surface area contributed by atoms with Gasteiger partial charge in [0.2, 0.25) is 0 Å². The van der Waals surface area contributed by atoms with Crippen LogP contribution in [-0.2, 0) is 14.6 Å². The zero-order chi connectivity index (χ0) is 15.5. The van der Waals surface area contributed by atoms with Gasteiger partial charge < -0.3 is 4.74 Å². The van der Waals surface area contributed by atoms with Gasteiger partial charge in [-0.25, -0.2) is 8.42 Å². The Morgan fingerprint density at radius 2 is 1.81 bits per heavy atom. The van der Waals surface area contributed by atoms with E-state index >= 15 is 0 Å². The number of sulfone groups is 1. The first-order chi connectivity index (χ1) is 9.94. The maximum Gasteiger partial charge on any atom is 0.179 e. The fourth-order valence-corrected chi connectivity index (χ4v) is 3.79. The zero-order valence-corrected chi connectivity index (χ0v) is 13.1. The number of ether oxygens (including phenoxy) is 1. The van der Waals surface area contributed by atoms with Gasteiger partial charge in [0, 0.05) is 18.6 Å². The second kappa shape index (κ2) is 6.56. The molecule has 1 saturated heterocycles. The Morgan fingerprint density at radius 1 is 1.24 bits per heavy atom.